The molecule has 0 bridgehead atoms. The minimum absolute atomic E-state index is 0.0693. The number of rotatable bonds is 8. The Morgan fingerprint density at radius 3 is 2.29 bits per heavy atom. The summed E-state index contributed by atoms with van der Waals surface area (Å²) in [6.45, 7) is 6.84. The summed E-state index contributed by atoms with van der Waals surface area (Å²) in [5, 5.41) is 0.660. The molecule has 3 aromatic carbocycles. The summed E-state index contributed by atoms with van der Waals surface area (Å²) in [6.07, 6.45) is 1.89. The first kappa shape index (κ1) is 24.6. The van der Waals surface area contributed by atoms with Crippen LogP contribution in [0.4, 0.5) is 5.69 Å². The number of carbonyl (C=O) groups excluding carboxylic acids is 1. The van der Waals surface area contributed by atoms with Crippen molar-refractivity contribution < 1.29 is 14.3 Å². The molecule has 0 radical (unpaired) electrons. The van der Waals surface area contributed by atoms with E-state index in [1.165, 1.54) is 11.8 Å². The molecule has 1 fully saturated rings. The molecular weight excluding hydrogens is 456 g/mol. The SMILES string of the molecule is COc1cc(/C=C2/SC(=Nc3ccccc3)N([C@@H](C)c3ccccc3)C2=O)ccc1OCC(C)C. The lowest BCUT2D eigenvalue weighted by atomic mass is 10.1. The third kappa shape index (κ3) is 5.95. The Hall–Kier alpha value is -3.51. The number of benzene rings is 3. The van der Waals surface area contributed by atoms with Crippen LogP contribution in [-0.2, 0) is 4.79 Å². The second-order valence-corrected chi connectivity index (χ2v) is 9.73. The van der Waals surface area contributed by atoms with Crippen molar-refractivity contribution in [3.05, 3.63) is 94.9 Å². The van der Waals surface area contributed by atoms with E-state index in [0.29, 0.717) is 34.1 Å². The highest BCUT2D eigenvalue weighted by Crippen LogP contribution is 2.40. The second-order valence-electron chi connectivity index (χ2n) is 8.72. The molecule has 0 saturated carbocycles. The first-order chi connectivity index (χ1) is 17.0. The van der Waals surface area contributed by atoms with Crippen LogP contribution in [0.1, 0.15) is 37.9 Å². The van der Waals surface area contributed by atoms with Gasteiger partial charge >= 0.3 is 0 Å². The summed E-state index contributed by atoms with van der Waals surface area (Å²) in [6, 6.07) is 25.3. The highest BCUT2D eigenvalue weighted by Gasteiger charge is 2.37. The third-order valence-corrected chi connectivity index (χ3v) is 6.53. The predicted octanol–water partition coefficient (Wildman–Crippen LogP) is 7.10. The van der Waals surface area contributed by atoms with Crippen LogP contribution in [0, 0.1) is 5.92 Å². The molecule has 5 nitrogen and oxygen atoms in total. The number of ether oxygens (including phenoxy) is 2. The van der Waals surface area contributed by atoms with E-state index in [0.717, 1.165) is 16.8 Å². The highest BCUT2D eigenvalue weighted by molar-refractivity contribution is 8.18. The van der Waals surface area contributed by atoms with Gasteiger partial charge in [-0.25, -0.2) is 4.99 Å². The molecule has 0 aromatic heterocycles. The Morgan fingerprint density at radius 1 is 0.943 bits per heavy atom. The Bertz CT molecular complexity index is 1220. The maximum absolute atomic E-state index is 13.6. The predicted molar refractivity (Wildman–Crippen MR) is 144 cm³/mol. The minimum atomic E-state index is -0.161. The number of para-hydroxylation sites is 1. The zero-order valence-electron chi connectivity index (χ0n) is 20.5. The van der Waals surface area contributed by atoms with Gasteiger partial charge in [-0.15, -0.1) is 0 Å². The van der Waals surface area contributed by atoms with Gasteiger partial charge in [-0.1, -0.05) is 68.4 Å². The highest BCUT2D eigenvalue weighted by atomic mass is 32.2. The van der Waals surface area contributed by atoms with Crippen LogP contribution in [0.3, 0.4) is 0 Å². The average molecular weight is 487 g/mol. The molecule has 6 heteroatoms. The van der Waals surface area contributed by atoms with Crippen LogP contribution in [0.5, 0.6) is 11.5 Å². The molecule has 0 unspecified atom stereocenters. The summed E-state index contributed by atoms with van der Waals surface area (Å²) in [4.78, 5) is 20.8. The summed E-state index contributed by atoms with van der Waals surface area (Å²) in [7, 11) is 1.62. The largest absolute Gasteiger partial charge is 0.493 e. The van der Waals surface area contributed by atoms with Gasteiger partial charge in [0.2, 0.25) is 0 Å². The fourth-order valence-electron chi connectivity index (χ4n) is 3.70. The number of carbonyl (C=O) groups is 1. The zero-order chi connectivity index (χ0) is 24.8. The smallest absolute Gasteiger partial charge is 0.267 e. The monoisotopic (exact) mass is 486 g/mol. The van der Waals surface area contributed by atoms with E-state index in [-0.39, 0.29) is 11.9 Å². The molecule has 1 saturated heterocycles. The number of hydrogen-bond acceptors (Lipinski definition) is 5. The maximum atomic E-state index is 13.6. The number of amidine groups is 1. The summed E-state index contributed by atoms with van der Waals surface area (Å²) < 4.78 is 11.4. The van der Waals surface area contributed by atoms with Crippen molar-refractivity contribution in [3.8, 4) is 11.5 Å². The molecule has 1 aliphatic heterocycles. The van der Waals surface area contributed by atoms with Gasteiger partial charge in [0.15, 0.2) is 16.7 Å². The van der Waals surface area contributed by atoms with Gasteiger partial charge in [0.1, 0.15) is 0 Å². The Morgan fingerprint density at radius 2 is 1.63 bits per heavy atom. The molecule has 0 aliphatic carbocycles. The van der Waals surface area contributed by atoms with Gasteiger partial charge in [-0.3, -0.25) is 9.69 Å². The van der Waals surface area contributed by atoms with Crippen LogP contribution in [0.15, 0.2) is 88.8 Å². The van der Waals surface area contributed by atoms with E-state index >= 15 is 0 Å². The molecular formula is C29H30N2O3S. The molecule has 180 valence electrons. The van der Waals surface area contributed by atoms with Crippen LogP contribution >= 0.6 is 11.8 Å². The number of hydrogen-bond donors (Lipinski definition) is 0. The van der Waals surface area contributed by atoms with E-state index in [9.17, 15) is 4.79 Å². The number of aliphatic imine (C=N–C) groups is 1. The van der Waals surface area contributed by atoms with Gasteiger partial charge in [-0.2, -0.15) is 0 Å². The molecule has 1 atom stereocenters. The quantitative estimate of drug-likeness (QED) is 0.319. The minimum Gasteiger partial charge on any atom is -0.493 e. The number of amides is 1. The van der Waals surface area contributed by atoms with Crippen molar-refractivity contribution in [1.82, 2.24) is 4.90 Å². The Labute approximate surface area is 211 Å². The molecule has 1 amide bonds. The molecule has 35 heavy (non-hydrogen) atoms. The lowest BCUT2D eigenvalue weighted by Gasteiger charge is -2.24. The van der Waals surface area contributed by atoms with Crippen LogP contribution in [0.25, 0.3) is 6.08 Å². The molecule has 1 heterocycles. The lowest BCUT2D eigenvalue weighted by Crippen LogP contribution is -2.32. The number of methoxy groups -OCH3 is 1. The fourth-order valence-corrected chi connectivity index (χ4v) is 4.77. The van der Waals surface area contributed by atoms with Crippen molar-refractivity contribution in [2.75, 3.05) is 13.7 Å². The van der Waals surface area contributed by atoms with Crippen LogP contribution < -0.4 is 9.47 Å². The van der Waals surface area contributed by atoms with Gasteiger partial charge in [0, 0.05) is 0 Å². The average Bonchev–Trinajstić information content (AvgIpc) is 3.17. The Kier molecular flexibility index (Phi) is 7.93. The van der Waals surface area contributed by atoms with E-state index in [1.54, 1.807) is 12.0 Å². The van der Waals surface area contributed by atoms with E-state index < -0.39 is 0 Å². The third-order valence-electron chi connectivity index (χ3n) is 5.54. The molecule has 3 aromatic rings. The summed E-state index contributed by atoms with van der Waals surface area (Å²) in [5.74, 6) is 1.68. The Balaban J connectivity index is 1.68. The topological polar surface area (TPSA) is 51.1 Å². The summed E-state index contributed by atoms with van der Waals surface area (Å²) >= 11 is 1.39. The normalized spacial score (nSPS) is 16.8. The van der Waals surface area contributed by atoms with Gasteiger partial charge in [0.05, 0.1) is 30.4 Å². The van der Waals surface area contributed by atoms with Crippen molar-refractivity contribution in [1.29, 1.82) is 0 Å². The maximum Gasteiger partial charge on any atom is 0.267 e. The van der Waals surface area contributed by atoms with E-state index in [2.05, 4.69) is 13.8 Å². The van der Waals surface area contributed by atoms with E-state index in [4.69, 9.17) is 14.5 Å². The second kappa shape index (κ2) is 11.3. The first-order valence-electron chi connectivity index (χ1n) is 11.7. The zero-order valence-corrected chi connectivity index (χ0v) is 21.3. The van der Waals surface area contributed by atoms with Crippen molar-refractivity contribution in [2.45, 2.75) is 26.8 Å². The van der Waals surface area contributed by atoms with Crippen molar-refractivity contribution in [3.63, 3.8) is 0 Å². The number of nitrogens with zero attached hydrogens (tertiary/aromatic N) is 2. The lowest BCUT2D eigenvalue weighted by molar-refractivity contribution is -0.123. The van der Waals surface area contributed by atoms with Crippen LogP contribution in [0.2, 0.25) is 0 Å². The summed E-state index contributed by atoms with van der Waals surface area (Å²) in [5.41, 5.74) is 2.72. The van der Waals surface area contributed by atoms with Gasteiger partial charge in [0.25, 0.3) is 5.91 Å². The standard InChI is InChI=1S/C29H30N2O3S/c1-20(2)19-34-25-16-15-22(17-26(25)33-4)18-27-28(32)31(21(3)23-11-7-5-8-12-23)29(35-27)30-24-13-9-6-10-14-24/h5-18,20-21H,19H2,1-4H3/b27-18+,30-29?/t21-/m0/s1. The van der Waals surface area contributed by atoms with Gasteiger partial charge in [-0.05, 0) is 66.1 Å². The molecule has 0 spiro atoms. The molecule has 1 aliphatic rings. The van der Waals surface area contributed by atoms with Crippen molar-refractivity contribution in [2.24, 2.45) is 10.9 Å². The fraction of sp³-hybridized carbons (Fsp3) is 0.241. The van der Waals surface area contributed by atoms with E-state index in [1.807, 2.05) is 91.9 Å². The first-order valence-corrected chi connectivity index (χ1v) is 12.5. The van der Waals surface area contributed by atoms with Crippen molar-refractivity contribution >= 4 is 34.6 Å². The van der Waals surface area contributed by atoms with Gasteiger partial charge < -0.3 is 9.47 Å². The molecule has 0 N–H and O–H groups in total. The number of thioether (sulfide) groups is 1. The van der Waals surface area contributed by atoms with Crippen LogP contribution in [-0.4, -0.2) is 29.7 Å². The molecule has 4 rings (SSSR count).